The van der Waals surface area contributed by atoms with Crippen molar-refractivity contribution in [3.8, 4) is 44.5 Å². The molecule has 0 radical (unpaired) electrons. The number of thiophene rings is 1. The van der Waals surface area contributed by atoms with Gasteiger partial charge in [-0.2, -0.15) is 0 Å². The first-order valence-corrected chi connectivity index (χ1v) is 20.5. The van der Waals surface area contributed by atoms with E-state index in [4.69, 9.17) is 0 Å². The lowest BCUT2D eigenvalue weighted by atomic mass is 9.79. The Morgan fingerprint density at radius 2 is 1.02 bits per heavy atom. The maximum absolute atomic E-state index is 2.49. The molecule has 0 bridgehead atoms. The molecule has 276 valence electrons. The molecule has 8 aromatic carbocycles. The SMILES string of the molecule is C.CC1(C)c2ccccc2-c2c(N(c3ccc(-c4cccc5c4C(C)(C)c4ccccc4-5)cc3)c3cccc(-c4cccc5c4sc4ccccc45)c3)cccc21. The predicted octanol–water partition coefficient (Wildman–Crippen LogP) is 16.1. The van der Waals surface area contributed by atoms with Crippen molar-refractivity contribution in [3.05, 3.63) is 198 Å². The number of anilines is 3. The Morgan fingerprint density at radius 3 is 1.84 bits per heavy atom. The minimum absolute atomic E-state index is 0. The van der Waals surface area contributed by atoms with Gasteiger partial charge in [-0.05, 0) is 97.6 Å². The van der Waals surface area contributed by atoms with Crippen LogP contribution in [0.2, 0.25) is 0 Å². The molecular weight excluding hydrogens is 707 g/mol. The second-order valence-electron chi connectivity index (χ2n) is 16.5. The highest BCUT2D eigenvalue weighted by Crippen LogP contribution is 2.55. The average Bonchev–Trinajstić information content (AvgIpc) is 3.82. The number of fused-ring (bicyclic) bond motifs is 9. The molecule has 2 heteroatoms. The summed E-state index contributed by atoms with van der Waals surface area (Å²) in [6, 6.07) is 65.6. The minimum atomic E-state index is -0.103. The van der Waals surface area contributed by atoms with Gasteiger partial charge in [-0.3, -0.25) is 0 Å². The normalized spacial score (nSPS) is 14.1. The summed E-state index contributed by atoms with van der Waals surface area (Å²) in [6.45, 7) is 9.48. The van der Waals surface area contributed by atoms with Gasteiger partial charge < -0.3 is 4.90 Å². The summed E-state index contributed by atoms with van der Waals surface area (Å²) in [5.41, 5.74) is 19.2. The Bertz CT molecular complexity index is 3030. The van der Waals surface area contributed by atoms with Crippen molar-refractivity contribution in [1.29, 1.82) is 0 Å². The van der Waals surface area contributed by atoms with Gasteiger partial charge in [0.15, 0.2) is 0 Å². The molecule has 1 aromatic heterocycles. The standard InChI is InChI=1S/C54H41NS.CH4/c1-53(2)46-25-9-6-19-44(46)50-47(53)26-14-27-48(50)55(37-16-11-15-35(33-37)39-21-13-23-43-41-18-7-10-28-49(41)56-52(39)43)36-31-29-34(30-32-36)38-20-12-22-42-40-17-5-8-24-45(40)54(3,4)51(38)42;/h5-33H,1-4H3;1H4. The molecule has 0 amide bonds. The van der Waals surface area contributed by atoms with E-state index in [1.165, 1.54) is 92.6 Å². The third kappa shape index (κ3) is 5.13. The molecule has 0 fully saturated rings. The molecule has 1 heterocycles. The van der Waals surface area contributed by atoms with E-state index in [1.807, 2.05) is 11.3 Å². The molecule has 0 aliphatic heterocycles. The fourth-order valence-corrected chi connectivity index (χ4v) is 11.3. The lowest BCUT2D eigenvalue weighted by molar-refractivity contribution is 0.660. The van der Waals surface area contributed by atoms with Crippen LogP contribution in [0.3, 0.4) is 0 Å². The molecule has 0 atom stereocenters. The second-order valence-corrected chi connectivity index (χ2v) is 17.5. The molecule has 2 aliphatic rings. The number of hydrogen-bond acceptors (Lipinski definition) is 2. The van der Waals surface area contributed by atoms with Crippen LogP contribution in [-0.4, -0.2) is 0 Å². The maximum Gasteiger partial charge on any atom is 0.0543 e. The first-order valence-electron chi connectivity index (χ1n) is 19.7. The quantitative estimate of drug-likeness (QED) is 0.169. The molecule has 1 nitrogen and oxygen atoms in total. The lowest BCUT2D eigenvalue weighted by Crippen LogP contribution is -2.16. The zero-order chi connectivity index (χ0) is 37.8. The zero-order valence-electron chi connectivity index (χ0n) is 32.1. The number of hydrogen-bond donors (Lipinski definition) is 0. The van der Waals surface area contributed by atoms with E-state index in [1.54, 1.807) is 0 Å². The molecular formula is C55H45NS. The first-order chi connectivity index (χ1) is 27.3. The summed E-state index contributed by atoms with van der Waals surface area (Å²) >= 11 is 1.89. The highest BCUT2D eigenvalue weighted by Gasteiger charge is 2.39. The monoisotopic (exact) mass is 751 g/mol. The Morgan fingerprint density at radius 1 is 0.421 bits per heavy atom. The van der Waals surface area contributed by atoms with Crippen LogP contribution < -0.4 is 4.90 Å². The predicted molar refractivity (Wildman–Crippen MR) is 247 cm³/mol. The van der Waals surface area contributed by atoms with E-state index in [-0.39, 0.29) is 18.3 Å². The Labute approximate surface area is 340 Å². The van der Waals surface area contributed by atoms with Gasteiger partial charge in [0.1, 0.15) is 0 Å². The molecule has 0 saturated carbocycles. The van der Waals surface area contributed by atoms with E-state index in [0.717, 1.165) is 11.4 Å². The highest BCUT2D eigenvalue weighted by molar-refractivity contribution is 7.26. The van der Waals surface area contributed by atoms with Crippen molar-refractivity contribution in [3.63, 3.8) is 0 Å². The third-order valence-corrected chi connectivity index (χ3v) is 13.9. The van der Waals surface area contributed by atoms with Crippen molar-refractivity contribution in [1.82, 2.24) is 0 Å². The summed E-state index contributed by atoms with van der Waals surface area (Å²) in [7, 11) is 0. The molecule has 57 heavy (non-hydrogen) atoms. The largest absolute Gasteiger partial charge is 0.310 e. The van der Waals surface area contributed by atoms with Gasteiger partial charge in [0, 0.05) is 47.9 Å². The van der Waals surface area contributed by atoms with Crippen LogP contribution in [0.5, 0.6) is 0 Å². The number of benzene rings is 8. The van der Waals surface area contributed by atoms with Gasteiger partial charge in [-0.15, -0.1) is 11.3 Å². The van der Waals surface area contributed by atoms with Crippen LogP contribution in [0, 0.1) is 0 Å². The van der Waals surface area contributed by atoms with Crippen LogP contribution in [0.25, 0.3) is 64.7 Å². The van der Waals surface area contributed by atoms with Gasteiger partial charge in [0.25, 0.3) is 0 Å². The second kappa shape index (κ2) is 12.9. The molecule has 0 unspecified atom stereocenters. The average molecular weight is 752 g/mol. The topological polar surface area (TPSA) is 3.24 Å². The zero-order valence-corrected chi connectivity index (χ0v) is 32.9. The highest BCUT2D eigenvalue weighted by atomic mass is 32.1. The van der Waals surface area contributed by atoms with E-state index >= 15 is 0 Å². The summed E-state index contributed by atoms with van der Waals surface area (Å²) in [5, 5.41) is 2.64. The maximum atomic E-state index is 2.49. The summed E-state index contributed by atoms with van der Waals surface area (Å²) in [4.78, 5) is 2.49. The summed E-state index contributed by atoms with van der Waals surface area (Å²) in [6.07, 6.45) is 0. The lowest BCUT2D eigenvalue weighted by Gasteiger charge is -2.29. The van der Waals surface area contributed by atoms with Crippen molar-refractivity contribution in [2.24, 2.45) is 0 Å². The fourth-order valence-electron chi connectivity index (χ4n) is 10.0. The molecule has 11 rings (SSSR count). The van der Waals surface area contributed by atoms with Gasteiger partial charge in [-0.25, -0.2) is 0 Å². The van der Waals surface area contributed by atoms with Crippen molar-refractivity contribution < 1.29 is 0 Å². The van der Waals surface area contributed by atoms with Gasteiger partial charge in [0.05, 0.1) is 5.69 Å². The van der Waals surface area contributed by atoms with Crippen LogP contribution in [0.4, 0.5) is 17.1 Å². The van der Waals surface area contributed by atoms with Crippen LogP contribution >= 0.6 is 11.3 Å². The fraction of sp³-hybridized carbons (Fsp3) is 0.127. The molecule has 2 aliphatic carbocycles. The Balaban J connectivity index is 0.00000396. The van der Waals surface area contributed by atoms with E-state index in [0.29, 0.717) is 0 Å². The molecule has 0 saturated heterocycles. The molecule has 0 N–H and O–H groups in total. The van der Waals surface area contributed by atoms with Crippen LogP contribution in [0.1, 0.15) is 57.4 Å². The van der Waals surface area contributed by atoms with Gasteiger partial charge in [-0.1, -0.05) is 175 Å². The molecule has 0 spiro atoms. The van der Waals surface area contributed by atoms with E-state index in [9.17, 15) is 0 Å². The number of nitrogens with zero attached hydrogens (tertiary/aromatic N) is 1. The van der Waals surface area contributed by atoms with Crippen molar-refractivity contribution in [2.75, 3.05) is 4.90 Å². The van der Waals surface area contributed by atoms with Crippen molar-refractivity contribution in [2.45, 2.75) is 46.0 Å². The summed E-state index contributed by atoms with van der Waals surface area (Å²) in [5.74, 6) is 0. The van der Waals surface area contributed by atoms with Gasteiger partial charge >= 0.3 is 0 Å². The third-order valence-electron chi connectivity index (χ3n) is 12.7. The van der Waals surface area contributed by atoms with Crippen LogP contribution in [-0.2, 0) is 10.8 Å². The smallest absolute Gasteiger partial charge is 0.0543 e. The first kappa shape index (κ1) is 35.2. The van der Waals surface area contributed by atoms with Gasteiger partial charge in [0.2, 0.25) is 0 Å². The van der Waals surface area contributed by atoms with Crippen molar-refractivity contribution >= 4 is 48.6 Å². The Kier molecular flexibility index (Phi) is 7.98. The summed E-state index contributed by atoms with van der Waals surface area (Å²) < 4.78 is 2.66. The molecule has 9 aromatic rings. The Hall–Kier alpha value is -6.22. The van der Waals surface area contributed by atoms with Crippen LogP contribution in [0.15, 0.2) is 176 Å². The minimum Gasteiger partial charge on any atom is -0.310 e. The van der Waals surface area contributed by atoms with E-state index in [2.05, 4.69) is 209 Å². The van der Waals surface area contributed by atoms with E-state index < -0.39 is 0 Å². The number of rotatable bonds is 5.